The molecule has 0 aliphatic heterocycles. The standard InChI is InChI=1S/C11H18N4O2/c1-11(2,3)17-10(16)14-7-5-9-13-6-4-8(12)15-9/h4,6H,5,7H2,1-3H3,(H,14,16)(H2,12,13,15). The van der Waals surface area contributed by atoms with Crippen LogP contribution in [0.4, 0.5) is 10.6 Å². The molecule has 0 atom stereocenters. The van der Waals surface area contributed by atoms with E-state index >= 15 is 0 Å². The molecule has 0 aromatic carbocycles. The van der Waals surface area contributed by atoms with Crippen LogP contribution in [-0.2, 0) is 11.2 Å². The van der Waals surface area contributed by atoms with Gasteiger partial charge in [0.15, 0.2) is 0 Å². The van der Waals surface area contributed by atoms with Gasteiger partial charge in [0, 0.05) is 19.2 Å². The molecule has 6 heteroatoms. The van der Waals surface area contributed by atoms with Crippen LogP contribution in [0.15, 0.2) is 12.3 Å². The van der Waals surface area contributed by atoms with Crippen molar-refractivity contribution in [3.8, 4) is 0 Å². The smallest absolute Gasteiger partial charge is 0.407 e. The van der Waals surface area contributed by atoms with Crippen LogP contribution >= 0.6 is 0 Å². The molecule has 0 saturated carbocycles. The highest BCUT2D eigenvalue weighted by molar-refractivity contribution is 5.67. The van der Waals surface area contributed by atoms with Gasteiger partial charge in [-0.15, -0.1) is 0 Å². The van der Waals surface area contributed by atoms with Crippen LogP contribution in [0.25, 0.3) is 0 Å². The highest BCUT2D eigenvalue weighted by Gasteiger charge is 2.15. The normalized spacial score (nSPS) is 11.0. The molecule has 1 amide bonds. The maximum atomic E-state index is 11.3. The number of nitrogens with one attached hydrogen (secondary N) is 1. The minimum absolute atomic E-state index is 0.415. The zero-order valence-electron chi connectivity index (χ0n) is 10.4. The summed E-state index contributed by atoms with van der Waals surface area (Å²) in [5.41, 5.74) is 5.02. The average Bonchev–Trinajstić information content (AvgIpc) is 2.14. The Morgan fingerprint density at radius 3 is 2.82 bits per heavy atom. The molecule has 0 fully saturated rings. The zero-order valence-corrected chi connectivity index (χ0v) is 10.4. The van der Waals surface area contributed by atoms with Crippen molar-refractivity contribution >= 4 is 11.9 Å². The number of ether oxygens (including phenoxy) is 1. The number of anilines is 1. The van der Waals surface area contributed by atoms with Crippen LogP contribution in [-0.4, -0.2) is 28.2 Å². The summed E-state index contributed by atoms with van der Waals surface area (Å²) in [5, 5.41) is 2.63. The summed E-state index contributed by atoms with van der Waals surface area (Å²) >= 11 is 0. The number of hydrogen-bond acceptors (Lipinski definition) is 5. The van der Waals surface area contributed by atoms with Gasteiger partial charge in [-0.2, -0.15) is 0 Å². The second-order valence-electron chi connectivity index (χ2n) is 4.58. The third-order valence-corrected chi connectivity index (χ3v) is 1.74. The molecule has 94 valence electrons. The lowest BCUT2D eigenvalue weighted by molar-refractivity contribution is 0.0528. The van der Waals surface area contributed by atoms with Crippen molar-refractivity contribution < 1.29 is 9.53 Å². The first-order valence-electron chi connectivity index (χ1n) is 5.41. The number of hydrogen-bond donors (Lipinski definition) is 2. The largest absolute Gasteiger partial charge is 0.444 e. The van der Waals surface area contributed by atoms with Gasteiger partial charge >= 0.3 is 6.09 Å². The summed E-state index contributed by atoms with van der Waals surface area (Å²) in [4.78, 5) is 19.4. The molecule has 1 aromatic rings. The van der Waals surface area contributed by atoms with Crippen molar-refractivity contribution in [1.29, 1.82) is 0 Å². The molecule has 17 heavy (non-hydrogen) atoms. The number of rotatable bonds is 3. The number of nitrogens with two attached hydrogens (primary N) is 1. The van der Waals surface area contributed by atoms with Gasteiger partial charge in [0.05, 0.1) is 0 Å². The molecule has 1 rings (SSSR count). The number of aromatic nitrogens is 2. The van der Waals surface area contributed by atoms with E-state index in [1.165, 1.54) is 0 Å². The third-order valence-electron chi connectivity index (χ3n) is 1.74. The van der Waals surface area contributed by atoms with Crippen molar-refractivity contribution in [1.82, 2.24) is 15.3 Å². The summed E-state index contributed by atoms with van der Waals surface area (Å²) in [6.07, 6.45) is 1.66. The summed E-state index contributed by atoms with van der Waals surface area (Å²) in [6.45, 7) is 5.85. The van der Waals surface area contributed by atoms with Crippen LogP contribution in [0.1, 0.15) is 26.6 Å². The summed E-state index contributed by atoms with van der Waals surface area (Å²) < 4.78 is 5.08. The molecule has 3 N–H and O–H groups in total. The maximum absolute atomic E-state index is 11.3. The van der Waals surface area contributed by atoms with E-state index in [1.54, 1.807) is 12.3 Å². The van der Waals surface area contributed by atoms with Gasteiger partial charge in [-0.05, 0) is 26.8 Å². The van der Waals surface area contributed by atoms with Crippen molar-refractivity contribution in [3.05, 3.63) is 18.1 Å². The Kier molecular flexibility index (Phi) is 4.25. The Labute approximate surface area is 101 Å². The molecule has 0 bridgehead atoms. The SMILES string of the molecule is CC(C)(C)OC(=O)NCCc1nccc(N)n1. The van der Waals surface area contributed by atoms with Gasteiger partial charge < -0.3 is 15.8 Å². The van der Waals surface area contributed by atoms with Crippen molar-refractivity contribution in [3.63, 3.8) is 0 Å². The maximum Gasteiger partial charge on any atom is 0.407 e. The van der Waals surface area contributed by atoms with Crippen LogP contribution in [0.2, 0.25) is 0 Å². The fourth-order valence-corrected chi connectivity index (χ4v) is 1.13. The van der Waals surface area contributed by atoms with E-state index in [4.69, 9.17) is 10.5 Å². The number of amides is 1. The Hall–Kier alpha value is -1.85. The summed E-state index contributed by atoms with van der Waals surface area (Å²) in [7, 11) is 0. The lowest BCUT2D eigenvalue weighted by atomic mass is 10.2. The second-order valence-corrected chi connectivity index (χ2v) is 4.58. The predicted octanol–water partition coefficient (Wildman–Crippen LogP) is 1.13. The number of nitrogens with zero attached hydrogens (tertiary/aromatic N) is 2. The van der Waals surface area contributed by atoms with E-state index in [9.17, 15) is 4.79 Å². The van der Waals surface area contributed by atoms with Gasteiger partial charge in [-0.3, -0.25) is 0 Å². The number of carbonyl (C=O) groups excluding carboxylic acids is 1. The minimum Gasteiger partial charge on any atom is -0.444 e. The molecule has 0 aliphatic carbocycles. The molecule has 0 spiro atoms. The first-order valence-corrected chi connectivity index (χ1v) is 5.41. The molecular weight excluding hydrogens is 220 g/mol. The average molecular weight is 238 g/mol. The first kappa shape index (κ1) is 13.2. The quantitative estimate of drug-likeness (QED) is 0.823. The molecular formula is C11H18N4O2. The van der Waals surface area contributed by atoms with Crippen LogP contribution in [0, 0.1) is 0 Å². The third kappa shape index (κ3) is 5.70. The monoisotopic (exact) mass is 238 g/mol. The Bertz CT molecular complexity index is 387. The van der Waals surface area contributed by atoms with Crippen LogP contribution in [0.5, 0.6) is 0 Å². The Morgan fingerprint density at radius 1 is 1.53 bits per heavy atom. The first-order chi connectivity index (χ1) is 7.87. The van der Waals surface area contributed by atoms with Gasteiger partial charge in [0.1, 0.15) is 17.2 Å². The number of carbonyl (C=O) groups is 1. The highest BCUT2D eigenvalue weighted by atomic mass is 16.6. The zero-order chi connectivity index (χ0) is 12.9. The predicted molar refractivity (Wildman–Crippen MR) is 64.4 cm³/mol. The number of nitrogen functional groups attached to an aromatic ring is 1. The topological polar surface area (TPSA) is 90.1 Å². The van der Waals surface area contributed by atoms with Crippen molar-refractivity contribution in [2.24, 2.45) is 0 Å². The van der Waals surface area contributed by atoms with Crippen LogP contribution < -0.4 is 11.1 Å². The molecule has 0 aliphatic rings. The number of alkyl carbamates (subject to hydrolysis) is 1. The molecule has 6 nitrogen and oxygen atoms in total. The van der Waals surface area contributed by atoms with Crippen molar-refractivity contribution in [2.45, 2.75) is 32.8 Å². The van der Waals surface area contributed by atoms with Gasteiger partial charge in [-0.1, -0.05) is 0 Å². The summed E-state index contributed by atoms with van der Waals surface area (Å²) in [6, 6.07) is 1.62. The van der Waals surface area contributed by atoms with Gasteiger partial charge in [-0.25, -0.2) is 14.8 Å². The molecule has 0 unspecified atom stereocenters. The fourth-order valence-electron chi connectivity index (χ4n) is 1.13. The molecule has 1 heterocycles. The van der Waals surface area contributed by atoms with Crippen LogP contribution in [0.3, 0.4) is 0 Å². The lowest BCUT2D eigenvalue weighted by Crippen LogP contribution is -2.33. The lowest BCUT2D eigenvalue weighted by Gasteiger charge is -2.19. The van der Waals surface area contributed by atoms with Gasteiger partial charge in [0.25, 0.3) is 0 Å². The molecule has 0 radical (unpaired) electrons. The van der Waals surface area contributed by atoms with E-state index < -0.39 is 11.7 Å². The molecule has 1 aromatic heterocycles. The fraction of sp³-hybridized carbons (Fsp3) is 0.545. The van der Waals surface area contributed by atoms with Crippen molar-refractivity contribution in [2.75, 3.05) is 12.3 Å². The minimum atomic E-state index is -0.488. The van der Waals surface area contributed by atoms with E-state index in [0.29, 0.717) is 24.6 Å². The van der Waals surface area contributed by atoms with E-state index in [-0.39, 0.29) is 0 Å². The van der Waals surface area contributed by atoms with E-state index in [0.717, 1.165) is 0 Å². The van der Waals surface area contributed by atoms with Gasteiger partial charge in [0.2, 0.25) is 0 Å². The van der Waals surface area contributed by atoms with E-state index in [1.807, 2.05) is 20.8 Å². The Morgan fingerprint density at radius 2 is 2.24 bits per heavy atom. The van der Waals surface area contributed by atoms with E-state index in [2.05, 4.69) is 15.3 Å². The second kappa shape index (κ2) is 5.47. The Balaban J connectivity index is 2.31. The molecule has 0 saturated heterocycles. The highest BCUT2D eigenvalue weighted by Crippen LogP contribution is 2.06. The summed E-state index contributed by atoms with van der Waals surface area (Å²) in [5.74, 6) is 1.02.